The Morgan fingerprint density at radius 2 is 2.11 bits per heavy atom. The van der Waals surface area contributed by atoms with Crippen LogP contribution in [0.1, 0.15) is 30.3 Å². The van der Waals surface area contributed by atoms with E-state index in [1.165, 1.54) is 0 Å². The van der Waals surface area contributed by atoms with Gasteiger partial charge in [0.15, 0.2) is 0 Å². The molecule has 0 radical (unpaired) electrons. The van der Waals surface area contributed by atoms with Crippen LogP contribution in [0.5, 0.6) is 0 Å². The fourth-order valence-electron chi connectivity index (χ4n) is 1.72. The van der Waals surface area contributed by atoms with Gasteiger partial charge >= 0.3 is 0 Å². The molecule has 0 aliphatic carbocycles. The summed E-state index contributed by atoms with van der Waals surface area (Å²) >= 11 is 1.60. The first-order valence-corrected chi connectivity index (χ1v) is 7.01. The highest BCUT2D eigenvalue weighted by molar-refractivity contribution is 7.10. The van der Waals surface area contributed by atoms with Crippen molar-refractivity contribution in [2.45, 2.75) is 25.3 Å². The molecular formula is C13H18N4S. The molecule has 0 saturated heterocycles. The number of aromatic nitrogens is 2. The van der Waals surface area contributed by atoms with Gasteiger partial charge in [-0.15, -0.1) is 11.3 Å². The fourth-order valence-corrected chi connectivity index (χ4v) is 2.57. The van der Waals surface area contributed by atoms with Gasteiger partial charge in [0.05, 0.1) is 17.4 Å². The maximum absolute atomic E-state index is 6.11. The molecule has 0 fully saturated rings. The average Bonchev–Trinajstić information content (AvgIpc) is 2.89. The number of unbranched alkanes of at least 4 members (excludes halogenated alkanes) is 1. The van der Waals surface area contributed by atoms with E-state index in [4.69, 9.17) is 11.5 Å². The first-order valence-electron chi connectivity index (χ1n) is 6.13. The van der Waals surface area contributed by atoms with Crippen molar-refractivity contribution >= 4 is 11.3 Å². The maximum atomic E-state index is 6.11. The molecule has 2 aromatic rings. The van der Waals surface area contributed by atoms with Gasteiger partial charge in [-0.25, -0.2) is 4.98 Å². The van der Waals surface area contributed by atoms with Crippen LogP contribution in [0.25, 0.3) is 11.4 Å². The van der Waals surface area contributed by atoms with E-state index < -0.39 is 0 Å². The van der Waals surface area contributed by atoms with Gasteiger partial charge in [-0.05, 0) is 31.5 Å². The molecule has 2 heterocycles. The number of hydrogen-bond donors (Lipinski definition) is 2. The summed E-state index contributed by atoms with van der Waals surface area (Å²) in [5.41, 5.74) is 13.4. The minimum atomic E-state index is 0.0130. The van der Waals surface area contributed by atoms with E-state index in [0.29, 0.717) is 0 Å². The Kier molecular flexibility index (Phi) is 4.81. The molecule has 5 heteroatoms. The Morgan fingerprint density at radius 1 is 1.22 bits per heavy atom. The van der Waals surface area contributed by atoms with Crippen LogP contribution in [0.3, 0.4) is 0 Å². The van der Waals surface area contributed by atoms with E-state index in [2.05, 4.69) is 9.97 Å². The average molecular weight is 262 g/mol. The van der Waals surface area contributed by atoms with Crippen molar-refractivity contribution in [3.8, 4) is 11.4 Å². The summed E-state index contributed by atoms with van der Waals surface area (Å²) in [5, 5.41) is 2.99. The number of nitrogens with two attached hydrogens (primary N) is 2. The van der Waals surface area contributed by atoms with E-state index >= 15 is 0 Å². The molecule has 0 aliphatic heterocycles. The van der Waals surface area contributed by atoms with Crippen LogP contribution in [0.4, 0.5) is 0 Å². The summed E-state index contributed by atoms with van der Waals surface area (Å²) < 4.78 is 0. The largest absolute Gasteiger partial charge is 0.330 e. The van der Waals surface area contributed by atoms with Gasteiger partial charge in [0, 0.05) is 11.6 Å². The Labute approximate surface area is 111 Å². The third kappa shape index (κ3) is 3.35. The molecule has 0 spiro atoms. The Balaban J connectivity index is 2.02. The highest BCUT2D eigenvalue weighted by Gasteiger charge is 2.11. The molecular weight excluding hydrogens is 244 g/mol. The zero-order valence-electron chi connectivity index (χ0n) is 10.2. The second-order valence-electron chi connectivity index (χ2n) is 4.18. The van der Waals surface area contributed by atoms with Crippen molar-refractivity contribution in [1.29, 1.82) is 0 Å². The summed E-state index contributed by atoms with van der Waals surface area (Å²) in [7, 11) is 0. The van der Waals surface area contributed by atoms with Gasteiger partial charge in [0.2, 0.25) is 0 Å². The van der Waals surface area contributed by atoms with E-state index in [-0.39, 0.29) is 6.04 Å². The predicted octanol–water partition coefficient (Wildman–Crippen LogP) is 2.33. The highest BCUT2D eigenvalue weighted by atomic mass is 32.1. The Morgan fingerprint density at radius 3 is 2.83 bits per heavy atom. The second kappa shape index (κ2) is 6.58. The lowest BCUT2D eigenvalue weighted by atomic mass is 10.1. The molecule has 0 saturated carbocycles. The van der Waals surface area contributed by atoms with Gasteiger partial charge in [-0.1, -0.05) is 12.5 Å². The van der Waals surface area contributed by atoms with Crippen LogP contribution in [0.2, 0.25) is 0 Å². The lowest BCUT2D eigenvalue weighted by molar-refractivity contribution is 0.589. The number of nitrogens with zero attached hydrogens (tertiary/aromatic N) is 2. The van der Waals surface area contributed by atoms with Gasteiger partial charge in [0.1, 0.15) is 5.01 Å². The molecule has 0 aromatic carbocycles. The topological polar surface area (TPSA) is 77.8 Å². The van der Waals surface area contributed by atoms with Gasteiger partial charge in [-0.3, -0.25) is 4.98 Å². The van der Waals surface area contributed by atoms with Crippen LogP contribution >= 0.6 is 11.3 Å². The molecule has 96 valence electrons. The van der Waals surface area contributed by atoms with E-state index in [9.17, 15) is 0 Å². The minimum Gasteiger partial charge on any atom is -0.330 e. The molecule has 1 unspecified atom stereocenters. The third-order valence-electron chi connectivity index (χ3n) is 2.74. The molecule has 18 heavy (non-hydrogen) atoms. The fraction of sp³-hybridized carbons (Fsp3) is 0.385. The van der Waals surface area contributed by atoms with Crippen molar-refractivity contribution in [2.24, 2.45) is 11.5 Å². The normalized spacial score (nSPS) is 12.6. The van der Waals surface area contributed by atoms with Crippen molar-refractivity contribution in [1.82, 2.24) is 9.97 Å². The molecule has 4 nitrogen and oxygen atoms in total. The summed E-state index contributed by atoms with van der Waals surface area (Å²) in [6.07, 6.45) is 4.78. The first-order chi connectivity index (χ1) is 8.81. The van der Waals surface area contributed by atoms with Crippen LogP contribution in [0.15, 0.2) is 29.8 Å². The molecule has 0 amide bonds. The van der Waals surface area contributed by atoms with E-state index in [1.54, 1.807) is 17.5 Å². The molecule has 2 rings (SSSR count). The lowest BCUT2D eigenvalue weighted by Crippen LogP contribution is -2.10. The quantitative estimate of drug-likeness (QED) is 0.783. The Hall–Kier alpha value is -1.30. The van der Waals surface area contributed by atoms with Crippen molar-refractivity contribution in [3.05, 3.63) is 34.8 Å². The molecule has 2 aromatic heterocycles. The Bertz CT molecular complexity index is 469. The SMILES string of the molecule is NCCCCC(N)c1nc(-c2ccccn2)cs1. The summed E-state index contributed by atoms with van der Waals surface area (Å²) in [6.45, 7) is 0.726. The van der Waals surface area contributed by atoms with Crippen molar-refractivity contribution < 1.29 is 0 Å². The third-order valence-corrected chi connectivity index (χ3v) is 3.71. The summed E-state index contributed by atoms with van der Waals surface area (Å²) in [6, 6.07) is 5.83. The monoisotopic (exact) mass is 262 g/mol. The molecule has 0 aliphatic rings. The summed E-state index contributed by atoms with van der Waals surface area (Å²) in [5.74, 6) is 0. The van der Waals surface area contributed by atoms with E-state index in [0.717, 1.165) is 42.2 Å². The van der Waals surface area contributed by atoms with Gasteiger partial charge in [-0.2, -0.15) is 0 Å². The zero-order valence-corrected chi connectivity index (χ0v) is 11.1. The number of thiazole rings is 1. The van der Waals surface area contributed by atoms with Crippen molar-refractivity contribution in [3.63, 3.8) is 0 Å². The number of pyridine rings is 1. The molecule has 1 atom stereocenters. The molecule has 0 bridgehead atoms. The van der Waals surface area contributed by atoms with Crippen LogP contribution < -0.4 is 11.5 Å². The smallest absolute Gasteiger partial charge is 0.110 e. The zero-order chi connectivity index (χ0) is 12.8. The highest BCUT2D eigenvalue weighted by Crippen LogP contribution is 2.25. The standard InChI is InChI=1S/C13H18N4S/c14-7-3-1-5-10(15)13-17-12(9-18-13)11-6-2-4-8-16-11/h2,4,6,8-10H,1,3,5,7,14-15H2. The van der Waals surface area contributed by atoms with E-state index in [1.807, 2.05) is 23.6 Å². The lowest BCUT2D eigenvalue weighted by Gasteiger charge is -2.07. The van der Waals surface area contributed by atoms with Crippen molar-refractivity contribution in [2.75, 3.05) is 6.54 Å². The van der Waals surface area contributed by atoms with Crippen LogP contribution in [-0.2, 0) is 0 Å². The predicted molar refractivity (Wildman–Crippen MR) is 75.2 cm³/mol. The summed E-state index contributed by atoms with van der Waals surface area (Å²) in [4.78, 5) is 8.84. The second-order valence-corrected chi connectivity index (χ2v) is 5.07. The van der Waals surface area contributed by atoms with Crippen LogP contribution in [-0.4, -0.2) is 16.5 Å². The number of hydrogen-bond acceptors (Lipinski definition) is 5. The maximum Gasteiger partial charge on any atom is 0.110 e. The van der Waals surface area contributed by atoms with Gasteiger partial charge in [0.25, 0.3) is 0 Å². The molecule has 4 N–H and O–H groups in total. The minimum absolute atomic E-state index is 0.0130. The van der Waals surface area contributed by atoms with Gasteiger partial charge < -0.3 is 11.5 Å². The first kappa shape index (κ1) is 13.1. The number of rotatable bonds is 6. The van der Waals surface area contributed by atoms with Crippen LogP contribution in [0, 0.1) is 0 Å².